The van der Waals surface area contributed by atoms with Gasteiger partial charge in [0.2, 0.25) is 5.95 Å². The van der Waals surface area contributed by atoms with Crippen molar-refractivity contribution in [1.82, 2.24) is 15.3 Å². The first-order chi connectivity index (χ1) is 12.0. The second-order valence-electron chi connectivity index (χ2n) is 5.92. The van der Waals surface area contributed by atoms with Gasteiger partial charge in [-0.25, -0.2) is 18.4 Å². The smallest absolute Gasteiger partial charge is 0.254 e. The number of nitrogens with one attached hydrogen (secondary N) is 1. The molecular formula is C17H20N4O3S. The molecule has 0 aliphatic carbocycles. The molecule has 0 radical (unpaired) electrons. The number of amides is 1. The zero-order valence-electron chi connectivity index (χ0n) is 13.9. The Labute approximate surface area is 147 Å². The fraction of sp³-hybridized carbons (Fsp3) is 0.353. The zero-order valence-corrected chi connectivity index (χ0v) is 14.7. The molecule has 132 valence electrons. The second kappa shape index (κ2) is 7.18. The Kier molecular flexibility index (Phi) is 4.98. The topological polar surface area (TPSA) is 92.3 Å². The highest BCUT2D eigenvalue weighted by Gasteiger charge is 2.29. The van der Waals surface area contributed by atoms with Crippen molar-refractivity contribution in [1.29, 1.82) is 0 Å². The maximum Gasteiger partial charge on any atom is 0.254 e. The highest BCUT2D eigenvalue weighted by molar-refractivity contribution is 7.91. The SMILES string of the molecule is CCN(c1ccccc1)c1ncc(C(=O)NC2CCS(=O)(=O)C2)cn1. The summed E-state index contributed by atoms with van der Waals surface area (Å²) in [5.74, 6) is 0.274. The molecule has 1 N–H and O–H groups in total. The molecule has 25 heavy (non-hydrogen) atoms. The van der Waals surface area contributed by atoms with E-state index in [-0.39, 0.29) is 23.5 Å². The van der Waals surface area contributed by atoms with E-state index in [2.05, 4.69) is 15.3 Å². The third-order valence-electron chi connectivity index (χ3n) is 4.09. The van der Waals surface area contributed by atoms with E-state index < -0.39 is 9.84 Å². The fourth-order valence-corrected chi connectivity index (χ4v) is 4.48. The first-order valence-electron chi connectivity index (χ1n) is 8.14. The van der Waals surface area contributed by atoms with E-state index >= 15 is 0 Å². The van der Waals surface area contributed by atoms with Crippen LogP contribution in [0.4, 0.5) is 11.6 Å². The monoisotopic (exact) mass is 360 g/mol. The lowest BCUT2D eigenvalue weighted by Gasteiger charge is -2.20. The number of hydrogen-bond donors (Lipinski definition) is 1. The summed E-state index contributed by atoms with van der Waals surface area (Å²) in [7, 11) is -3.03. The third kappa shape index (κ3) is 4.14. The highest BCUT2D eigenvalue weighted by atomic mass is 32.2. The number of aromatic nitrogens is 2. The first kappa shape index (κ1) is 17.3. The van der Waals surface area contributed by atoms with Crippen LogP contribution in [0.15, 0.2) is 42.7 Å². The maximum absolute atomic E-state index is 12.2. The van der Waals surface area contributed by atoms with Gasteiger partial charge in [0.15, 0.2) is 9.84 Å². The van der Waals surface area contributed by atoms with Crippen LogP contribution < -0.4 is 10.2 Å². The number of benzene rings is 1. The van der Waals surface area contributed by atoms with Crippen LogP contribution in [0.5, 0.6) is 0 Å². The summed E-state index contributed by atoms with van der Waals surface area (Å²) in [6, 6.07) is 9.41. The third-order valence-corrected chi connectivity index (χ3v) is 5.86. The van der Waals surface area contributed by atoms with E-state index in [4.69, 9.17) is 0 Å². The summed E-state index contributed by atoms with van der Waals surface area (Å²) in [6.07, 6.45) is 3.38. The number of carbonyl (C=O) groups is 1. The maximum atomic E-state index is 12.2. The molecule has 1 saturated heterocycles. The zero-order chi connectivity index (χ0) is 17.9. The van der Waals surface area contributed by atoms with E-state index in [9.17, 15) is 13.2 Å². The van der Waals surface area contributed by atoms with Crippen LogP contribution >= 0.6 is 0 Å². The van der Waals surface area contributed by atoms with Gasteiger partial charge >= 0.3 is 0 Å². The van der Waals surface area contributed by atoms with Crippen LogP contribution in [-0.4, -0.2) is 48.4 Å². The summed E-state index contributed by atoms with van der Waals surface area (Å²) >= 11 is 0. The van der Waals surface area contributed by atoms with Crippen LogP contribution in [0, 0.1) is 0 Å². The van der Waals surface area contributed by atoms with E-state index in [1.54, 1.807) is 0 Å². The van der Waals surface area contributed by atoms with Crippen LogP contribution in [0.1, 0.15) is 23.7 Å². The molecule has 8 heteroatoms. The number of rotatable bonds is 5. The number of para-hydroxylation sites is 1. The second-order valence-corrected chi connectivity index (χ2v) is 8.15. The minimum Gasteiger partial charge on any atom is -0.348 e. The summed E-state index contributed by atoms with van der Waals surface area (Å²) < 4.78 is 22.9. The number of carbonyl (C=O) groups excluding carboxylic acids is 1. The molecule has 1 atom stereocenters. The summed E-state index contributed by atoms with van der Waals surface area (Å²) in [6.45, 7) is 2.69. The Balaban J connectivity index is 1.70. The predicted molar refractivity (Wildman–Crippen MR) is 95.7 cm³/mol. The molecule has 0 saturated carbocycles. The van der Waals surface area contributed by atoms with Crippen LogP contribution in [0.25, 0.3) is 0 Å². The standard InChI is InChI=1S/C17H20N4O3S/c1-2-21(15-6-4-3-5-7-15)17-18-10-13(11-19-17)16(22)20-14-8-9-25(23,24)12-14/h3-7,10-11,14H,2,8-9,12H2,1H3,(H,20,22). The minimum atomic E-state index is -3.03. The number of hydrogen-bond acceptors (Lipinski definition) is 6. The number of anilines is 2. The van der Waals surface area contributed by atoms with Crippen molar-refractivity contribution in [2.45, 2.75) is 19.4 Å². The molecular weight excluding hydrogens is 340 g/mol. The Morgan fingerprint density at radius 1 is 1.24 bits per heavy atom. The van der Waals surface area contributed by atoms with Crippen molar-refractivity contribution in [3.05, 3.63) is 48.3 Å². The molecule has 2 heterocycles. The molecule has 1 fully saturated rings. The molecule has 7 nitrogen and oxygen atoms in total. The fourth-order valence-electron chi connectivity index (χ4n) is 2.80. The quantitative estimate of drug-likeness (QED) is 0.870. The molecule has 1 unspecified atom stereocenters. The molecule has 0 spiro atoms. The largest absolute Gasteiger partial charge is 0.348 e. The lowest BCUT2D eigenvalue weighted by Crippen LogP contribution is -2.35. The van der Waals surface area contributed by atoms with Gasteiger partial charge in [0.05, 0.1) is 17.1 Å². The first-order valence-corrected chi connectivity index (χ1v) is 9.96. The van der Waals surface area contributed by atoms with Gasteiger partial charge in [-0.15, -0.1) is 0 Å². The molecule has 1 aliphatic rings. The van der Waals surface area contributed by atoms with Gasteiger partial charge in [-0.05, 0) is 25.5 Å². The normalized spacial score (nSPS) is 18.7. The lowest BCUT2D eigenvalue weighted by molar-refractivity contribution is 0.0940. The highest BCUT2D eigenvalue weighted by Crippen LogP contribution is 2.20. The van der Waals surface area contributed by atoms with Gasteiger partial charge in [0.1, 0.15) is 0 Å². The lowest BCUT2D eigenvalue weighted by atomic mass is 10.2. The van der Waals surface area contributed by atoms with Crippen molar-refractivity contribution < 1.29 is 13.2 Å². The van der Waals surface area contributed by atoms with E-state index in [1.807, 2.05) is 42.2 Å². The Hall–Kier alpha value is -2.48. The summed E-state index contributed by atoms with van der Waals surface area (Å²) in [5.41, 5.74) is 1.29. The van der Waals surface area contributed by atoms with Gasteiger partial charge in [-0.1, -0.05) is 18.2 Å². The summed E-state index contributed by atoms with van der Waals surface area (Å²) in [5, 5.41) is 2.73. The van der Waals surface area contributed by atoms with E-state index in [0.29, 0.717) is 24.5 Å². The molecule has 1 aromatic heterocycles. The van der Waals surface area contributed by atoms with Crippen molar-refractivity contribution in [3.63, 3.8) is 0 Å². The molecule has 1 amide bonds. The van der Waals surface area contributed by atoms with Gasteiger partial charge in [0, 0.05) is 30.7 Å². The van der Waals surface area contributed by atoms with Gasteiger partial charge in [-0.3, -0.25) is 4.79 Å². The average molecular weight is 360 g/mol. The van der Waals surface area contributed by atoms with Crippen molar-refractivity contribution >= 4 is 27.4 Å². The van der Waals surface area contributed by atoms with E-state index in [0.717, 1.165) is 5.69 Å². The molecule has 3 rings (SSSR count). The van der Waals surface area contributed by atoms with Crippen LogP contribution in [0.2, 0.25) is 0 Å². The molecule has 0 bridgehead atoms. The molecule has 1 aromatic carbocycles. The summed E-state index contributed by atoms with van der Waals surface area (Å²) in [4.78, 5) is 22.7. The van der Waals surface area contributed by atoms with Crippen molar-refractivity contribution in [3.8, 4) is 0 Å². The van der Waals surface area contributed by atoms with Gasteiger partial charge in [0.25, 0.3) is 5.91 Å². The average Bonchev–Trinajstić information content (AvgIpc) is 2.95. The molecule has 2 aromatic rings. The number of sulfone groups is 1. The van der Waals surface area contributed by atoms with Gasteiger partial charge < -0.3 is 10.2 Å². The van der Waals surface area contributed by atoms with Crippen molar-refractivity contribution in [2.75, 3.05) is 23.0 Å². The Morgan fingerprint density at radius 2 is 1.92 bits per heavy atom. The van der Waals surface area contributed by atoms with Crippen LogP contribution in [-0.2, 0) is 9.84 Å². The number of nitrogens with zero attached hydrogens (tertiary/aromatic N) is 3. The van der Waals surface area contributed by atoms with Gasteiger partial charge in [-0.2, -0.15) is 0 Å². The van der Waals surface area contributed by atoms with Crippen molar-refractivity contribution in [2.24, 2.45) is 0 Å². The van der Waals surface area contributed by atoms with E-state index in [1.165, 1.54) is 12.4 Å². The Bertz CT molecular complexity index is 838. The minimum absolute atomic E-state index is 0.00466. The Morgan fingerprint density at radius 3 is 2.48 bits per heavy atom. The van der Waals surface area contributed by atoms with Crippen LogP contribution in [0.3, 0.4) is 0 Å². The predicted octanol–water partition coefficient (Wildman–Crippen LogP) is 1.55. The molecule has 1 aliphatic heterocycles.